The summed E-state index contributed by atoms with van der Waals surface area (Å²) < 4.78 is 20.9. The molecule has 8 heavy (non-hydrogen) atoms. The Kier molecular flexibility index (Phi) is 2.36. The molecule has 0 heterocycles. The average Bonchev–Trinajstić information content (AvgIpc) is 1.25. The van der Waals surface area contributed by atoms with Crippen molar-refractivity contribution >= 4 is 34.8 Å². The zero-order valence-electron chi connectivity index (χ0n) is 3.89. The molecule has 0 saturated carbocycles. The quantitative estimate of drug-likeness (QED) is 0.548. The zero-order chi connectivity index (χ0) is 7.00. The molecule has 5 heteroatoms. The first-order valence-electron chi connectivity index (χ1n) is 1.69. The predicted octanol–water partition coefficient (Wildman–Crippen LogP) is 3.01. The number of hydrogen-bond acceptors (Lipinski definition) is 0. The molecule has 0 amide bonds. The molecule has 0 aliphatic rings. The Bertz CT molecular complexity index is 67.5. The van der Waals surface area contributed by atoms with Crippen LogP contribution < -0.4 is 0 Å². The SMILES string of the molecule is CC(F)(Cl)C(F)(Cl)Cl. The second-order valence-corrected chi connectivity index (χ2v) is 3.33. The van der Waals surface area contributed by atoms with Gasteiger partial charge in [0.2, 0.25) is 5.13 Å². The van der Waals surface area contributed by atoms with Gasteiger partial charge in [0.05, 0.1) is 0 Å². The van der Waals surface area contributed by atoms with Gasteiger partial charge in [-0.15, -0.1) is 0 Å². The van der Waals surface area contributed by atoms with Gasteiger partial charge in [0.1, 0.15) is 0 Å². The largest absolute Gasteiger partial charge is 0.305 e. The topological polar surface area (TPSA) is 0 Å². The van der Waals surface area contributed by atoms with Gasteiger partial charge in [-0.1, -0.05) is 34.8 Å². The van der Waals surface area contributed by atoms with Gasteiger partial charge in [-0.3, -0.25) is 0 Å². The van der Waals surface area contributed by atoms with Crippen molar-refractivity contribution in [2.24, 2.45) is 0 Å². The molecule has 0 aromatic rings. The van der Waals surface area contributed by atoms with Crippen molar-refractivity contribution < 1.29 is 8.78 Å². The Morgan fingerprint density at radius 3 is 1.25 bits per heavy atom. The van der Waals surface area contributed by atoms with E-state index in [1.54, 1.807) is 0 Å². The second-order valence-electron chi connectivity index (χ2n) is 1.39. The minimum atomic E-state index is -3.02. The average molecular weight is 183 g/mol. The molecule has 0 radical (unpaired) electrons. The van der Waals surface area contributed by atoms with Gasteiger partial charge in [-0.25, -0.2) is 8.78 Å². The maximum absolute atomic E-state index is 12.0. The van der Waals surface area contributed by atoms with Gasteiger partial charge in [0.15, 0.2) is 0 Å². The van der Waals surface area contributed by atoms with Gasteiger partial charge in [0.25, 0.3) is 0 Å². The van der Waals surface area contributed by atoms with Crippen LogP contribution in [0.15, 0.2) is 0 Å². The smallest absolute Gasteiger partial charge is 0.220 e. The number of rotatable bonds is 1. The number of alkyl halides is 5. The van der Waals surface area contributed by atoms with Crippen molar-refractivity contribution in [1.29, 1.82) is 0 Å². The third kappa shape index (κ3) is 2.33. The molecule has 0 aromatic carbocycles. The summed E-state index contributed by atoms with van der Waals surface area (Å²) in [6, 6.07) is 0. The van der Waals surface area contributed by atoms with E-state index in [9.17, 15) is 8.78 Å². The molecule has 0 spiro atoms. The van der Waals surface area contributed by atoms with E-state index in [0.717, 1.165) is 6.92 Å². The Balaban J connectivity index is 4.02. The molecule has 0 bridgehead atoms. The molecule has 1 atom stereocenters. The van der Waals surface area contributed by atoms with Crippen molar-refractivity contribution in [3.8, 4) is 0 Å². The summed E-state index contributed by atoms with van der Waals surface area (Å²) in [6.45, 7) is 0.731. The van der Waals surface area contributed by atoms with Crippen LogP contribution in [0.2, 0.25) is 0 Å². The Labute approximate surface area is 60.7 Å². The highest BCUT2D eigenvalue weighted by Gasteiger charge is 2.45. The lowest BCUT2D eigenvalue weighted by Gasteiger charge is -2.18. The van der Waals surface area contributed by atoms with Crippen LogP contribution in [0.4, 0.5) is 8.78 Å². The number of halogens is 5. The van der Waals surface area contributed by atoms with E-state index in [2.05, 4.69) is 23.2 Å². The van der Waals surface area contributed by atoms with Crippen LogP contribution in [-0.4, -0.2) is 9.72 Å². The van der Waals surface area contributed by atoms with Gasteiger partial charge in [0, 0.05) is 0 Å². The Hall–Kier alpha value is 0.730. The first kappa shape index (κ1) is 8.73. The maximum atomic E-state index is 12.0. The highest BCUT2D eigenvalue weighted by molar-refractivity contribution is 6.51. The van der Waals surface area contributed by atoms with Crippen LogP contribution in [0, 0.1) is 0 Å². The van der Waals surface area contributed by atoms with Crippen LogP contribution in [0.25, 0.3) is 0 Å². The maximum Gasteiger partial charge on any atom is 0.305 e. The minimum Gasteiger partial charge on any atom is -0.220 e. The third-order valence-electron chi connectivity index (χ3n) is 0.498. The summed E-state index contributed by atoms with van der Waals surface area (Å²) in [6.07, 6.45) is 0. The monoisotopic (exact) mass is 182 g/mol. The van der Waals surface area contributed by atoms with Gasteiger partial charge < -0.3 is 0 Å². The van der Waals surface area contributed by atoms with E-state index in [1.807, 2.05) is 0 Å². The highest BCUT2D eigenvalue weighted by Crippen LogP contribution is 2.40. The molecule has 1 unspecified atom stereocenters. The van der Waals surface area contributed by atoms with Crippen LogP contribution in [0.3, 0.4) is 0 Å². The van der Waals surface area contributed by atoms with Gasteiger partial charge in [-0.2, -0.15) is 0 Å². The standard InChI is InChI=1S/C3H3Cl3F2/c1-2(4,7)3(5,6)8/h1H3. The summed E-state index contributed by atoms with van der Waals surface area (Å²) in [7, 11) is 0. The number of hydrogen-bond donors (Lipinski definition) is 0. The van der Waals surface area contributed by atoms with E-state index in [1.165, 1.54) is 0 Å². The van der Waals surface area contributed by atoms with Crippen LogP contribution in [0.5, 0.6) is 0 Å². The van der Waals surface area contributed by atoms with Crippen LogP contribution in [-0.2, 0) is 0 Å². The third-order valence-corrected chi connectivity index (χ3v) is 1.66. The Morgan fingerprint density at radius 2 is 1.25 bits per heavy atom. The van der Waals surface area contributed by atoms with Crippen molar-refractivity contribution in [3.05, 3.63) is 0 Å². The lowest BCUT2D eigenvalue weighted by Crippen LogP contribution is -2.28. The summed E-state index contributed by atoms with van der Waals surface area (Å²) in [5, 5.41) is -2.73. The first-order chi connectivity index (χ1) is 3.25. The highest BCUT2D eigenvalue weighted by atomic mass is 35.5. The zero-order valence-corrected chi connectivity index (χ0v) is 6.16. The minimum absolute atomic E-state index is 0.731. The molecule has 0 saturated heterocycles. The van der Waals surface area contributed by atoms with E-state index in [0.29, 0.717) is 0 Å². The van der Waals surface area contributed by atoms with E-state index in [4.69, 9.17) is 11.6 Å². The van der Waals surface area contributed by atoms with Crippen molar-refractivity contribution in [3.63, 3.8) is 0 Å². The molecule has 0 fully saturated rings. The fourth-order valence-electron chi connectivity index (χ4n) is 0. The van der Waals surface area contributed by atoms with Gasteiger partial charge in [-0.05, 0) is 6.92 Å². The molecular formula is C3H3Cl3F2. The van der Waals surface area contributed by atoms with Gasteiger partial charge >= 0.3 is 4.59 Å². The summed E-state index contributed by atoms with van der Waals surface area (Å²) in [4.78, 5) is 0. The summed E-state index contributed by atoms with van der Waals surface area (Å²) in [5.41, 5.74) is 0. The summed E-state index contributed by atoms with van der Waals surface area (Å²) in [5.74, 6) is 0. The van der Waals surface area contributed by atoms with Crippen LogP contribution in [0.1, 0.15) is 6.92 Å². The predicted molar refractivity (Wildman–Crippen MR) is 30.9 cm³/mol. The molecular weight excluding hydrogens is 180 g/mol. The normalized spacial score (nSPS) is 20.2. The molecule has 0 aliphatic carbocycles. The molecule has 50 valence electrons. The summed E-state index contributed by atoms with van der Waals surface area (Å²) >= 11 is 13.9. The molecule has 0 aliphatic heterocycles. The van der Waals surface area contributed by atoms with Crippen molar-refractivity contribution in [1.82, 2.24) is 0 Å². The van der Waals surface area contributed by atoms with E-state index in [-0.39, 0.29) is 0 Å². The fourth-order valence-corrected chi connectivity index (χ4v) is 0. The molecule has 0 N–H and O–H groups in total. The molecule has 0 rings (SSSR count). The van der Waals surface area contributed by atoms with Crippen LogP contribution >= 0.6 is 34.8 Å². The van der Waals surface area contributed by atoms with Crippen molar-refractivity contribution in [2.75, 3.05) is 0 Å². The first-order valence-corrected chi connectivity index (χ1v) is 2.83. The second kappa shape index (κ2) is 2.16. The van der Waals surface area contributed by atoms with Crippen molar-refractivity contribution in [2.45, 2.75) is 16.6 Å². The van der Waals surface area contributed by atoms with E-state index >= 15 is 0 Å². The van der Waals surface area contributed by atoms with E-state index < -0.39 is 9.72 Å². The lowest BCUT2D eigenvalue weighted by molar-refractivity contribution is 0.175. The lowest BCUT2D eigenvalue weighted by atomic mass is 10.5. The Morgan fingerprint density at radius 1 is 1.12 bits per heavy atom. The fraction of sp³-hybridized carbons (Fsp3) is 1.00. The molecule has 0 nitrogen and oxygen atoms in total. The molecule has 0 aromatic heterocycles.